The molecule has 0 aliphatic heterocycles. The topological polar surface area (TPSA) is 93.7 Å². The minimum Gasteiger partial charge on any atom is -0.452 e. The molecule has 0 aromatic heterocycles. The first kappa shape index (κ1) is 20.7. The van der Waals surface area contributed by atoms with Crippen molar-refractivity contribution >= 4 is 23.5 Å². The average molecular weight is 396 g/mol. The van der Waals surface area contributed by atoms with E-state index in [2.05, 4.69) is 15.4 Å². The monoisotopic (exact) mass is 396 g/mol. The first-order valence-corrected chi connectivity index (χ1v) is 7.87. The highest BCUT2D eigenvalue weighted by molar-refractivity contribution is 5.95. The molecule has 2 rings (SSSR count). The molecule has 0 heterocycles. The van der Waals surface area contributed by atoms with Crippen molar-refractivity contribution in [3.63, 3.8) is 0 Å². The van der Waals surface area contributed by atoms with Gasteiger partial charge in [0.15, 0.2) is 6.61 Å². The van der Waals surface area contributed by atoms with Gasteiger partial charge in [-0.15, -0.1) is 0 Å². The molecule has 0 radical (unpaired) electrons. The largest absolute Gasteiger partial charge is 0.452 e. The molecule has 0 aliphatic rings. The number of nitrogens with one attached hydrogen (secondary N) is 2. The van der Waals surface area contributed by atoms with E-state index in [0.717, 1.165) is 12.1 Å². The van der Waals surface area contributed by atoms with Gasteiger partial charge in [0.25, 0.3) is 5.91 Å². The van der Waals surface area contributed by atoms with Gasteiger partial charge in [0.2, 0.25) is 5.91 Å². The van der Waals surface area contributed by atoms with Crippen LogP contribution in [0, 0.1) is 5.82 Å². The summed E-state index contributed by atoms with van der Waals surface area (Å²) in [7, 11) is 0. The van der Waals surface area contributed by atoms with Crippen LogP contribution >= 0.6 is 0 Å². The highest BCUT2D eigenvalue weighted by Gasteiger charge is 2.12. The van der Waals surface area contributed by atoms with E-state index in [1.165, 1.54) is 36.4 Å². The SMILES string of the molecule is O=C(COC(=O)c1ccc(OC(F)F)cc1)NCC(=O)Nc1ccc(F)cc1. The Labute approximate surface area is 157 Å². The lowest BCUT2D eigenvalue weighted by Crippen LogP contribution is -2.35. The third-order valence-corrected chi connectivity index (χ3v) is 3.22. The molecule has 0 unspecified atom stereocenters. The van der Waals surface area contributed by atoms with Crippen molar-refractivity contribution in [3.8, 4) is 5.75 Å². The van der Waals surface area contributed by atoms with Crippen molar-refractivity contribution in [2.75, 3.05) is 18.5 Å². The third-order valence-electron chi connectivity index (χ3n) is 3.22. The zero-order valence-electron chi connectivity index (χ0n) is 14.3. The van der Waals surface area contributed by atoms with Crippen LogP contribution in [0.15, 0.2) is 48.5 Å². The van der Waals surface area contributed by atoms with E-state index in [9.17, 15) is 27.6 Å². The fraction of sp³-hybridized carbons (Fsp3) is 0.167. The van der Waals surface area contributed by atoms with Crippen molar-refractivity contribution in [1.29, 1.82) is 0 Å². The van der Waals surface area contributed by atoms with E-state index in [-0.39, 0.29) is 17.9 Å². The summed E-state index contributed by atoms with van der Waals surface area (Å²) in [5, 5.41) is 4.69. The Balaban J connectivity index is 1.71. The fourth-order valence-electron chi connectivity index (χ4n) is 1.96. The van der Waals surface area contributed by atoms with Crippen LogP contribution in [0.1, 0.15) is 10.4 Å². The number of hydrogen-bond acceptors (Lipinski definition) is 5. The van der Waals surface area contributed by atoms with Gasteiger partial charge in [-0.3, -0.25) is 9.59 Å². The van der Waals surface area contributed by atoms with Gasteiger partial charge in [0, 0.05) is 5.69 Å². The van der Waals surface area contributed by atoms with E-state index in [0.29, 0.717) is 5.69 Å². The minimum absolute atomic E-state index is 0.0310. The lowest BCUT2D eigenvalue weighted by atomic mass is 10.2. The highest BCUT2D eigenvalue weighted by atomic mass is 19.3. The molecule has 7 nitrogen and oxygen atoms in total. The predicted molar refractivity (Wildman–Crippen MR) is 91.4 cm³/mol. The van der Waals surface area contributed by atoms with E-state index in [1.54, 1.807) is 0 Å². The summed E-state index contributed by atoms with van der Waals surface area (Å²) in [4.78, 5) is 35.1. The predicted octanol–water partition coefficient (Wildman–Crippen LogP) is 2.34. The molecule has 0 saturated heterocycles. The number of rotatable bonds is 8. The fourth-order valence-corrected chi connectivity index (χ4v) is 1.96. The molecule has 148 valence electrons. The van der Waals surface area contributed by atoms with Crippen LogP contribution in [0.25, 0.3) is 0 Å². The average Bonchev–Trinajstić information content (AvgIpc) is 2.66. The molecular formula is C18H15F3N2O5. The van der Waals surface area contributed by atoms with Crippen LogP contribution < -0.4 is 15.4 Å². The summed E-state index contributed by atoms with van der Waals surface area (Å²) >= 11 is 0. The molecule has 2 aromatic carbocycles. The number of hydrogen-bond donors (Lipinski definition) is 2. The van der Waals surface area contributed by atoms with E-state index >= 15 is 0 Å². The Bertz CT molecular complexity index is 826. The molecule has 0 aliphatic carbocycles. The number of amides is 2. The second-order valence-corrected chi connectivity index (χ2v) is 5.31. The Hall–Kier alpha value is -3.56. The smallest absolute Gasteiger partial charge is 0.387 e. The second kappa shape index (κ2) is 9.95. The van der Waals surface area contributed by atoms with E-state index < -0.39 is 36.8 Å². The molecule has 2 N–H and O–H groups in total. The van der Waals surface area contributed by atoms with Crippen LogP contribution in [0.4, 0.5) is 18.9 Å². The van der Waals surface area contributed by atoms with Gasteiger partial charge >= 0.3 is 12.6 Å². The van der Waals surface area contributed by atoms with E-state index in [4.69, 9.17) is 4.74 Å². The first-order valence-electron chi connectivity index (χ1n) is 7.87. The normalized spacial score (nSPS) is 10.3. The molecule has 0 fully saturated rings. The molecular weight excluding hydrogens is 381 g/mol. The summed E-state index contributed by atoms with van der Waals surface area (Å²) in [6.07, 6.45) is 0. The van der Waals surface area contributed by atoms with Gasteiger partial charge in [-0.25, -0.2) is 9.18 Å². The lowest BCUT2D eigenvalue weighted by molar-refractivity contribution is -0.126. The standard InChI is InChI=1S/C18H15F3N2O5/c19-12-3-5-13(6-4-12)23-15(24)9-22-16(25)10-27-17(26)11-1-7-14(8-2-11)28-18(20)21/h1-8,18H,9-10H2,(H,22,25)(H,23,24). The van der Waals surface area contributed by atoms with Gasteiger partial charge in [0.05, 0.1) is 12.1 Å². The second-order valence-electron chi connectivity index (χ2n) is 5.31. The zero-order valence-corrected chi connectivity index (χ0v) is 14.3. The minimum atomic E-state index is -2.98. The number of esters is 1. The number of ether oxygens (including phenoxy) is 2. The molecule has 0 bridgehead atoms. The summed E-state index contributed by atoms with van der Waals surface area (Å²) in [5.74, 6) is -2.71. The van der Waals surface area contributed by atoms with Gasteiger partial charge in [-0.05, 0) is 48.5 Å². The van der Waals surface area contributed by atoms with Crippen molar-refractivity contribution in [3.05, 3.63) is 59.9 Å². The van der Waals surface area contributed by atoms with E-state index in [1.807, 2.05) is 0 Å². The van der Waals surface area contributed by atoms with Crippen LogP contribution in [0.2, 0.25) is 0 Å². The molecule has 0 atom stereocenters. The van der Waals surface area contributed by atoms with Gasteiger partial charge in [0.1, 0.15) is 11.6 Å². The number of alkyl halides is 2. The summed E-state index contributed by atoms with van der Waals surface area (Å²) in [6.45, 7) is -4.01. The Morgan fingerprint density at radius 3 is 2.18 bits per heavy atom. The van der Waals surface area contributed by atoms with Crippen LogP contribution in [-0.2, 0) is 14.3 Å². The number of carbonyl (C=O) groups excluding carboxylic acids is 3. The maximum Gasteiger partial charge on any atom is 0.387 e. The highest BCUT2D eigenvalue weighted by Crippen LogP contribution is 2.15. The molecule has 0 saturated carbocycles. The Morgan fingerprint density at radius 2 is 1.57 bits per heavy atom. The van der Waals surface area contributed by atoms with Crippen molar-refractivity contribution in [1.82, 2.24) is 5.32 Å². The maximum atomic E-state index is 12.8. The van der Waals surface area contributed by atoms with Crippen LogP contribution in [0.3, 0.4) is 0 Å². The van der Waals surface area contributed by atoms with Crippen molar-refractivity contribution < 1.29 is 37.0 Å². The number of benzene rings is 2. The zero-order chi connectivity index (χ0) is 20.5. The van der Waals surface area contributed by atoms with Crippen molar-refractivity contribution in [2.45, 2.75) is 6.61 Å². The Kier molecular flexibility index (Phi) is 7.37. The third kappa shape index (κ3) is 6.98. The number of halogens is 3. The maximum absolute atomic E-state index is 12.8. The summed E-state index contributed by atoms with van der Waals surface area (Å²) in [6, 6.07) is 9.76. The van der Waals surface area contributed by atoms with Gasteiger partial charge in [-0.2, -0.15) is 8.78 Å². The van der Waals surface area contributed by atoms with Crippen molar-refractivity contribution in [2.24, 2.45) is 0 Å². The molecule has 2 amide bonds. The molecule has 10 heteroatoms. The van der Waals surface area contributed by atoms with Crippen LogP contribution in [-0.4, -0.2) is 37.5 Å². The quantitative estimate of drug-likeness (QED) is 0.668. The Morgan fingerprint density at radius 1 is 0.929 bits per heavy atom. The van der Waals surface area contributed by atoms with Gasteiger partial charge in [-0.1, -0.05) is 0 Å². The molecule has 0 spiro atoms. The lowest BCUT2D eigenvalue weighted by Gasteiger charge is -2.08. The molecule has 28 heavy (non-hydrogen) atoms. The van der Waals surface area contributed by atoms with Gasteiger partial charge < -0.3 is 20.1 Å². The molecule has 2 aromatic rings. The number of carbonyl (C=O) groups is 3. The summed E-state index contributed by atoms with van der Waals surface area (Å²) < 4.78 is 45.8. The van der Waals surface area contributed by atoms with Crippen LogP contribution in [0.5, 0.6) is 5.75 Å². The number of anilines is 1. The first-order chi connectivity index (χ1) is 13.3. The summed E-state index contributed by atoms with van der Waals surface area (Å²) in [5.41, 5.74) is 0.384.